The van der Waals surface area contributed by atoms with E-state index < -0.39 is 5.91 Å². The van der Waals surface area contributed by atoms with Gasteiger partial charge >= 0.3 is 0 Å². The topological polar surface area (TPSA) is 78.9 Å². The van der Waals surface area contributed by atoms with Gasteiger partial charge in [-0.15, -0.1) is 0 Å². The number of phenolic OH excluding ortho intramolecular Hbond substituents is 1. The summed E-state index contributed by atoms with van der Waals surface area (Å²) in [4.78, 5) is 26.9. The Kier molecular flexibility index (Phi) is 5.83. The van der Waals surface area contributed by atoms with Gasteiger partial charge in [-0.3, -0.25) is 9.59 Å². The van der Waals surface area contributed by atoms with Crippen LogP contribution in [0.5, 0.6) is 11.5 Å². The zero-order valence-electron chi connectivity index (χ0n) is 16.5. The molecule has 6 nitrogen and oxygen atoms in total. The highest BCUT2D eigenvalue weighted by Crippen LogP contribution is 2.29. The molecule has 3 aromatic carbocycles. The molecule has 0 spiro atoms. The first-order valence-electron chi connectivity index (χ1n) is 9.03. The van der Waals surface area contributed by atoms with Crippen LogP contribution in [0.4, 0.5) is 11.4 Å². The number of nitrogens with zero attached hydrogens (tertiary/aromatic N) is 1. The minimum Gasteiger partial charge on any atom is -0.507 e. The molecule has 0 saturated carbocycles. The summed E-state index contributed by atoms with van der Waals surface area (Å²) in [6.07, 6.45) is 0. The van der Waals surface area contributed by atoms with Crippen molar-refractivity contribution >= 4 is 23.2 Å². The highest BCUT2D eigenvalue weighted by atomic mass is 16.5. The number of carbonyl (C=O) groups excluding carboxylic acids is 2. The standard InChI is InChI=1S/C23H22N2O4/c1-15-8-4-6-10-19(15)25(2)23(28)16-12-13-18(21(14-16)29-3)24-22(27)17-9-5-7-11-20(17)26/h4-14,26H,1-3H3,(H,24,27). The molecule has 3 aromatic rings. The Bertz CT molecular complexity index is 1060. The number of hydrogen-bond acceptors (Lipinski definition) is 4. The number of rotatable bonds is 5. The van der Waals surface area contributed by atoms with Crippen LogP contribution in [0.3, 0.4) is 0 Å². The van der Waals surface area contributed by atoms with Crippen molar-refractivity contribution in [1.82, 2.24) is 0 Å². The number of ether oxygens (including phenoxy) is 1. The van der Waals surface area contributed by atoms with Crippen LogP contribution in [-0.2, 0) is 0 Å². The van der Waals surface area contributed by atoms with E-state index in [1.807, 2.05) is 31.2 Å². The van der Waals surface area contributed by atoms with E-state index in [-0.39, 0.29) is 17.2 Å². The smallest absolute Gasteiger partial charge is 0.259 e. The summed E-state index contributed by atoms with van der Waals surface area (Å²) in [5.41, 5.74) is 2.77. The minimum atomic E-state index is -0.475. The number of anilines is 2. The monoisotopic (exact) mass is 390 g/mol. The molecular weight excluding hydrogens is 368 g/mol. The van der Waals surface area contributed by atoms with Gasteiger partial charge < -0.3 is 20.1 Å². The molecule has 0 atom stereocenters. The molecule has 0 heterocycles. The van der Waals surface area contributed by atoms with E-state index in [4.69, 9.17) is 4.74 Å². The minimum absolute atomic E-state index is 0.115. The second-order valence-electron chi connectivity index (χ2n) is 6.54. The molecule has 0 bridgehead atoms. The van der Waals surface area contributed by atoms with Crippen molar-refractivity contribution in [2.45, 2.75) is 6.92 Å². The fraction of sp³-hybridized carbons (Fsp3) is 0.130. The zero-order valence-corrected chi connectivity index (χ0v) is 16.5. The van der Waals surface area contributed by atoms with Crippen molar-refractivity contribution in [2.75, 3.05) is 24.4 Å². The number of carbonyl (C=O) groups is 2. The van der Waals surface area contributed by atoms with E-state index in [0.29, 0.717) is 17.0 Å². The molecule has 2 N–H and O–H groups in total. The lowest BCUT2D eigenvalue weighted by Gasteiger charge is -2.20. The van der Waals surface area contributed by atoms with Crippen LogP contribution in [-0.4, -0.2) is 31.1 Å². The lowest BCUT2D eigenvalue weighted by atomic mass is 10.1. The van der Waals surface area contributed by atoms with E-state index in [1.54, 1.807) is 42.3 Å². The number of aromatic hydroxyl groups is 1. The third kappa shape index (κ3) is 4.21. The van der Waals surface area contributed by atoms with Crippen molar-refractivity contribution in [3.63, 3.8) is 0 Å². The second-order valence-corrected chi connectivity index (χ2v) is 6.54. The van der Waals surface area contributed by atoms with Gasteiger partial charge in [0.1, 0.15) is 11.5 Å². The predicted molar refractivity (Wildman–Crippen MR) is 113 cm³/mol. The van der Waals surface area contributed by atoms with Gasteiger partial charge in [0.05, 0.1) is 18.4 Å². The van der Waals surface area contributed by atoms with E-state index in [0.717, 1.165) is 11.3 Å². The first-order valence-corrected chi connectivity index (χ1v) is 9.03. The Morgan fingerprint density at radius 2 is 1.69 bits per heavy atom. The lowest BCUT2D eigenvalue weighted by molar-refractivity contribution is 0.0991. The molecule has 3 rings (SSSR count). The Balaban J connectivity index is 1.85. The average Bonchev–Trinajstić information content (AvgIpc) is 2.73. The van der Waals surface area contributed by atoms with Gasteiger partial charge in [0, 0.05) is 18.3 Å². The van der Waals surface area contributed by atoms with E-state index in [2.05, 4.69) is 5.32 Å². The molecule has 0 saturated heterocycles. The molecule has 0 fully saturated rings. The Labute approximate surface area is 169 Å². The fourth-order valence-electron chi connectivity index (χ4n) is 3.03. The lowest BCUT2D eigenvalue weighted by Crippen LogP contribution is -2.27. The largest absolute Gasteiger partial charge is 0.507 e. The summed E-state index contributed by atoms with van der Waals surface area (Å²) in [6.45, 7) is 1.94. The van der Waals surface area contributed by atoms with Gasteiger partial charge in [0.25, 0.3) is 11.8 Å². The first kappa shape index (κ1) is 19.9. The Hall–Kier alpha value is -3.80. The van der Waals surface area contributed by atoms with Crippen LogP contribution in [0.15, 0.2) is 66.7 Å². The van der Waals surface area contributed by atoms with E-state index in [9.17, 15) is 14.7 Å². The van der Waals surface area contributed by atoms with Gasteiger partial charge in [-0.2, -0.15) is 0 Å². The number of aryl methyl sites for hydroxylation is 1. The summed E-state index contributed by atoms with van der Waals surface area (Å²) >= 11 is 0. The van der Waals surface area contributed by atoms with E-state index >= 15 is 0 Å². The molecule has 0 aliphatic heterocycles. The molecule has 0 aliphatic rings. The molecule has 29 heavy (non-hydrogen) atoms. The molecule has 0 radical (unpaired) electrons. The highest BCUT2D eigenvalue weighted by Gasteiger charge is 2.18. The van der Waals surface area contributed by atoms with E-state index in [1.165, 1.54) is 19.2 Å². The fourth-order valence-corrected chi connectivity index (χ4v) is 3.03. The van der Waals surface area contributed by atoms with Crippen LogP contribution in [0.1, 0.15) is 26.3 Å². The van der Waals surface area contributed by atoms with Gasteiger partial charge in [-0.25, -0.2) is 0 Å². The number of methoxy groups -OCH3 is 1. The summed E-state index contributed by atoms with van der Waals surface area (Å²) in [6, 6.07) is 18.7. The molecule has 0 aliphatic carbocycles. The van der Waals surface area contributed by atoms with Crippen molar-refractivity contribution in [3.8, 4) is 11.5 Å². The van der Waals surface area contributed by atoms with Gasteiger partial charge in [-0.05, 0) is 48.9 Å². The maximum atomic E-state index is 12.9. The predicted octanol–water partition coefficient (Wildman–Crippen LogP) is 4.24. The van der Waals surface area contributed by atoms with Crippen LogP contribution in [0, 0.1) is 6.92 Å². The van der Waals surface area contributed by atoms with Gasteiger partial charge in [0.15, 0.2) is 0 Å². The quantitative estimate of drug-likeness (QED) is 0.683. The molecule has 0 unspecified atom stereocenters. The average molecular weight is 390 g/mol. The number of nitrogens with one attached hydrogen (secondary N) is 1. The number of hydrogen-bond donors (Lipinski definition) is 2. The normalized spacial score (nSPS) is 10.3. The maximum Gasteiger partial charge on any atom is 0.259 e. The summed E-state index contributed by atoms with van der Waals surface area (Å²) in [7, 11) is 3.18. The molecule has 6 heteroatoms. The molecule has 148 valence electrons. The van der Waals surface area contributed by atoms with Gasteiger partial charge in [0.2, 0.25) is 0 Å². The molecule has 2 amide bonds. The third-order valence-corrected chi connectivity index (χ3v) is 4.63. The number of phenols is 1. The second kappa shape index (κ2) is 8.48. The van der Waals surface area contributed by atoms with Crippen LogP contribution in [0.2, 0.25) is 0 Å². The first-order chi connectivity index (χ1) is 13.9. The van der Waals surface area contributed by atoms with Crippen LogP contribution >= 0.6 is 0 Å². The molecular formula is C23H22N2O4. The SMILES string of the molecule is COc1cc(C(=O)N(C)c2ccccc2C)ccc1NC(=O)c1ccccc1O. The summed E-state index contributed by atoms with van der Waals surface area (Å²) in [5.74, 6) is -0.442. The van der Waals surface area contributed by atoms with Crippen LogP contribution in [0.25, 0.3) is 0 Å². The highest BCUT2D eigenvalue weighted by molar-refractivity contribution is 6.09. The molecule has 0 aromatic heterocycles. The Morgan fingerprint density at radius 3 is 2.38 bits per heavy atom. The van der Waals surface area contributed by atoms with Crippen molar-refractivity contribution in [3.05, 3.63) is 83.4 Å². The summed E-state index contributed by atoms with van der Waals surface area (Å²) < 4.78 is 5.36. The number of amides is 2. The van der Waals surface area contributed by atoms with Crippen molar-refractivity contribution in [2.24, 2.45) is 0 Å². The zero-order chi connectivity index (χ0) is 21.0. The number of para-hydroxylation sites is 2. The maximum absolute atomic E-state index is 12.9. The third-order valence-electron chi connectivity index (χ3n) is 4.63. The van der Waals surface area contributed by atoms with Crippen molar-refractivity contribution in [1.29, 1.82) is 0 Å². The summed E-state index contributed by atoms with van der Waals surface area (Å²) in [5, 5.41) is 12.6. The van der Waals surface area contributed by atoms with Gasteiger partial charge in [-0.1, -0.05) is 30.3 Å². The van der Waals surface area contributed by atoms with Crippen molar-refractivity contribution < 1.29 is 19.4 Å². The number of benzene rings is 3. The Morgan fingerprint density at radius 1 is 1.00 bits per heavy atom. The van der Waals surface area contributed by atoms with Crippen LogP contribution < -0.4 is 15.0 Å².